The second-order valence-electron chi connectivity index (χ2n) is 7.78. The minimum atomic E-state index is -0.0366. The third kappa shape index (κ3) is 3.79. The lowest BCUT2D eigenvalue weighted by atomic mass is 9.85. The second kappa shape index (κ2) is 7.80. The molecule has 1 saturated heterocycles. The molecule has 0 aromatic carbocycles. The smallest absolute Gasteiger partial charge is 0.257 e. The molecule has 3 heterocycles. The van der Waals surface area contributed by atoms with Gasteiger partial charge in [-0.05, 0) is 68.4 Å². The van der Waals surface area contributed by atoms with Gasteiger partial charge in [0.05, 0.1) is 0 Å². The number of hydrogen-bond donors (Lipinski definition) is 1. The number of nitrogens with zero attached hydrogens (tertiary/aromatic N) is 2. The molecular weight excluding hydrogens is 326 g/mol. The molecule has 2 aliphatic heterocycles. The van der Waals surface area contributed by atoms with Crippen molar-refractivity contribution in [2.45, 2.75) is 32.3 Å². The Labute approximate surface area is 155 Å². The average Bonchev–Trinajstić information content (AvgIpc) is 2.68. The van der Waals surface area contributed by atoms with Crippen LogP contribution in [-0.4, -0.2) is 48.8 Å². The predicted molar refractivity (Wildman–Crippen MR) is 102 cm³/mol. The van der Waals surface area contributed by atoms with Crippen LogP contribution in [0.3, 0.4) is 0 Å². The van der Waals surface area contributed by atoms with E-state index in [4.69, 9.17) is 15.2 Å². The first kappa shape index (κ1) is 17.6. The normalized spacial score (nSPS) is 27.0. The maximum atomic E-state index is 6.10. The summed E-state index contributed by atoms with van der Waals surface area (Å²) in [5, 5.41) is 0. The SMILES string of the molecule is CC1CC(CN2CCC(CN)CC2)=CC=C1[C@H]1COc2cccnc2O1. The van der Waals surface area contributed by atoms with E-state index in [1.165, 1.54) is 37.1 Å². The van der Waals surface area contributed by atoms with Crippen molar-refractivity contribution in [1.82, 2.24) is 9.88 Å². The number of aromatic nitrogens is 1. The maximum Gasteiger partial charge on any atom is 0.257 e. The molecule has 1 unspecified atom stereocenters. The zero-order chi connectivity index (χ0) is 17.9. The van der Waals surface area contributed by atoms with Gasteiger partial charge in [-0.1, -0.05) is 24.6 Å². The van der Waals surface area contributed by atoms with Gasteiger partial charge in [0.2, 0.25) is 0 Å². The third-order valence-electron chi connectivity index (χ3n) is 5.87. The molecule has 140 valence electrons. The van der Waals surface area contributed by atoms with Crippen LogP contribution in [-0.2, 0) is 0 Å². The summed E-state index contributed by atoms with van der Waals surface area (Å²) in [6, 6.07) is 3.78. The van der Waals surface area contributed by atoms with Gasteiger partial charge in [0, 0.05) is 12.7 Å². The van der Waals surface area contributed by atoms with E-state index in [9.17, 15) is 0 Å². The maximum absolute atomic E-state index is 6.10. The summed E-state index contributed by atoms with van der Waals surface area (Å²) < 4.78 is 11.9. The standard InChI is InChI=1S/C21H29N3O2/c1-15-11-17(13-24-9-6-16(12-22)7-10-24)4-5-18(15)20-14-25-19-3-2-8-23-21(19)26-20/h2-5,8,15-16,20H,6-7,9-14,22H2,1H3/t15?,20-/m1/s1. The van der Waals surface area contributed by atoms with Gasteiger partial charge >= 0.3 is 0 Å². The van der Waals surface area contributed by atoms with E-state index < -0.39 is 0 Å². The summed E-state index contributed by atoms with van der Waals surface area (Å²) in [5.41, 5.74) is 8.63. The van der Waals surface area contributed by atoms with Crippen LogP contribution in [0.4, 0.5) is 0 Å². The quantitative estimate of drug-likeness (QED) is 0.900. The van der Waals surface area contributed by atoms with Gasteiger partial charge in [-0.25, -0.2) is 4.98 Å². The van der Waals surface area contributed by atoms with Crippen LogP contribution in [0, 0.1) is 11.8 Å². The van der Waals surface area contributed by atoms with Crippen molar-refractivity contribution in [3.8, 4) is 11.6 Å². The van der Waals surface area contributed by atoms with E-state index in [1.807, 2.05) is 12.1 Å². The van der Waals surface area contributed by atoms with Crippen molar-refractivity contribution in [3.05, 3.63) is 41.6 Å². The second-order valence-corrected chi connectivity index (χ2v) is 7.78. The van der Waals surface area contributed by atoms with Gasteiger partial charge in [-0.2, -0.15) is 0 Å². The minimum Gasteiger partial charge on any atom is -0.484 e. The summed E-state index contributed by atoms with van der Waals surface area (Å²) in [6.07, 6.45) is 9.82. The van der Waals surface area contributed by atoms with E-state index in [0.717, 1.165) is 31.2 Å². The fraction of sp³-hybridized carbons (Fsp3) is 0.571. The van der Waals surface area contributed by atoms with E-state index in [2.05, 4.69) is 29.0 Å². The fourth-order valence-corrected chi connectivity index (χ4v) is 4.24. The highest BCUT2D eigenvalue weighted by atomic mass is 16.6. The first-order valence-electron chi connectivity index (χ1n) is 9.79. The molecule has 1 aromatic rings. The Kier molecular flexibility index (Phi) is 5.27. The van der Waals surface area contributed by atoms with Gasteiger partial charge in [0.25, 0.3) is 5.88 Å². The largest absolute Gasteiger partial charge is 0.484 e. The number of ether oxygens (including phenoxy) is 2. The number of allylic oxidation sites excluding steroid dienone is 2. The van der Waals surface area contributed by atoms with E-state index in [0.29, 0.717) is 18.4 Å². The van der Waals surface area contributed by atoms with Gasteiger partial charge in [-0.3, -0.25) is 4.90 Å². The number of fused-ring (bicyclic) bond motifs is 1. The Hall–Kier alpha value is -1.85. The van der Waals surface area contributed by atoms with Crippen LogP contribution >= 0.6 is 0 Å². The molecule has 2 atom stereocenters. The number of likely N-dealkylation sites (tertiary alicyclic amines) is 1. The zero-order valence-corrected chi connectivity index (χ0v) is 15.6. The van der Waals surface area contributed by atoms with Crippen LogP contribution in [0.1, 0.15) is 26.2 Å². The Morgan fingerprint density at radius 3 is 2.88 bits per heavy atom. The van der Waals surface area contributed by atoms with E-state index in [-0.39, 0.29) is 6.10 Å². The summed E-state index contributed by atoms with van der Waals surface area (Å²) in [6.45, 7) is 7.11. The van der Waals surface area contributed by atoms with E-state index >= 15 is 0 Å². The fourth-order valence-electron chi connectivity index (χ4n) is 4.24. The highest BCUT2D eigenvalue weighted by Gasteiger charge is 2.30. The number of piperidine rings is 1. The molecule has 0 spiro atoms. The predicted octanol–water partition coefficient (Wildman–Crippen LogP) is 2.78. The molecule has 1 fully saturated rings. The molecule has 1 aromatic heterocycles. The molecule has 5 nitrogen and oxygen atoms in total. The Bertz CT molecular complexity index is 692. The Balaban J connectivity index is 1.39. The number of nitrogens with two attached hydrogens (primary N) is 1. The van der Waals surface area contributed by atoms with Crippen LogP contribution in [0.15, 0.2) is 41.6 Å². The summed E-state index contributed by atoms with van der Waals surface area (Å²) in [5.74, 6) is 2.53. The van der Waals surface area contributed by atoms with Crippen molar-refractivity contribution in [3.63, 3.8) is 0 Å². The summed E-state index contributed by atoms with van der Waals surface area (Å²) in [4.78, 5) is 6.86. The lowest BCUT2D eigenvalue weighted by Crippen LogP contribution is -2.38. The van der Waals surface area contributed by atoms with Crippen LogP contribution in [0.25, 0.3) is 0 Å². The molecule has 0 saturated carbocycles. The van der Waals surface area contributed by atoms with Crippen LogP contribution in [0.2, 0.25) is 0 Å². The topological polar surface area (TPSA) is 60.6 Å². The number of pyridine rings is 1. The Morgan fingerprint density at radius 1 is 1.27 bits per heavy atom. The molecule has 2 N–H and O–H groups in total. The van der Waals surface area contributed by atoms with Crippen LogP contribution < -0.4 is 15.2 Å². The van der Waals surface area contributed by atoms with Crippen molar-refractivity contribution in [2.75, 3.05) is 32.8 Å². The molecule has 0 bridgehead atoms. The molecule has 3 aliphatic rings. The number of rotatable bonds is 4. The van der Waals surface area contributed by atoms with Crippen LogP contribution in [0.5, 0.6) is 11.6 Å². The molecule has 4 rings (SSSR count). The molecule has 0 amide bonds. The first-order chi connectivity index (χ1) is 12.7. The van der Waals surface area contributed by atoms with Crippen molar-refractivity contribution < 1.29 is 9.47 Å². The highest BCUT2D eigenvalue weighted by Crippen LogP contribution is 2.35. The lowest BCUT2D eigenvalue weighted by Gasteiger charge is -2.35. The third-order valence-corrected chi connectivity index (χ3v) is 5.87. The minimum absolute atomic E-state index is 0.0366. The summed E-state index contributed by atoms with van der Waals surface area (Å²) >= 11 is 0. The van der Waals surface area contributed by atoms with Gasteiger partial charge in [0.15, 0.2) is 11.9 Å². The molecule has 5 heteroatoms. The van der Waals surface area contributed by atoms with Crippen molar-refractivity contribution >= 4 is 0 Å². The van der Waals surface area contributed by atoms with Crippen molar-refractivity contribution in [1.29, 1.82) is 0 Å². The highest BCUT2D eigenvalue weighted by molar-refractivity contribution is 5.37. The lowest BCUT2D eigenvalue weighted by molar-refractivity contribution is 0.101. The first-order valence-corrected chi connectivity index (χ1v) is 9.79. The van der Waals surface area contributed by atoms with Gasteiger partial charge < -0.3 is 15.2 Å². The molecule has 0 radical (unpaired) electrons. The summed E-state index contributed by atoms with van der Waals surface area (Å²) in [7, 11) is 0. The number of hydrogen-bond acceptors (Lipinski definition) is 5. The monoisotopic (exact) mass is 355 g/mol. The molecular formula is C21H29N3O2. The zero-order valence-electron chi connectivity index (χ0n) is 15.6. The Morgan fingerprint density at radius 2 is 2.12 bits per heavy atom. The molecule has 26 heavy (non-hydrogen) atoms. The van der Waals surface area contributed by atoms with Crippen molar-refractivity contribution in [2.24, 2.45) is 17.6 Å². The van der Waals surface area contributed by atoms with Gasteiger partial charge in [0.1, 0.15) is 6.61 Å². The van der Waals surface area contributed by atoms with E-state index in [1.54, 1.807) is 6.20 Å². The molecule has 1 aliphatic carbocycles. The average molecular weight is 355 g/mol. The van der Waals surface area contributed by atoms with Gasteiger partial charge in [-0.15, -0.1) is 0 Å².